The molecule has 0 atom stereocenters. The first-order chi connectivity index (χ1) is 9.94. The molecule has 0 aliphatic heterocycles. The van der Waals surface area contributed by atoms with Crippen LogP contribution in [0.15, 0.2) is 22.7 Å². The predicted molar refractivity (Wildman–Crippen MR) is 82.6 cm³/mol. The highest BCUT2D eigenvalue weighted by Gasteiger charge is 2.22. The summed E-state index contributed by atoms with van der Waals surface area (Å²) in [6.45, 7) is 4.29. The fraction of sp³-hybridized carbons (Fsp3) is 0.385. The topological polar surface area (TPSA) is 84.0 Å². The van der Waals surface area contributed by atoms with Crippen LogP contribution in [-0.2, 0) is 23.1 Å². The van der Waals surface area contributed by atoms with Crippen LogP contribution in [0.2, 0.25) is 0 Å². The van der Waals surface area contributed by atoms with Gasteiger partial charge in [0.25, 0.3) is 0 Å². The summed E-state index contributed by atoms with van der Waals surface area (Å²) in [4.78, 5) is 9.41. The summed E-state index contributed by atoms with van der Waals surface area (Å²) in [5, 5.41) is 4.84. The molecule has 0 bridgehead atoms. The van der Waals surface area contributed by atoms with Gasteiger partial charge in [-0.05, 0) is 31.8 Å². The molecule has 8 heteroatoms. The largest absolute Gasteiger partial charge is 0.315 e. The van der Waals surface area contributed by atoms with Crippen molar-refractivity contribution in [2.45, 2.75) is 31.8 Å². The van der Waals surface area contributed by atoms with Crippen molar-refractivity contribution in [3.8, 4) is 0 Å². The van der Waals surface area contributed by atoms with E-state index in [0.29, 0.717) is 17.1 Å². The van der Waals surface area contributed by atoms with Crippen molar-refractivity contribution >= 4 is 21.4 Å². The summed E-state index contributed by atoms with van der Waals surface area (Å²) >= 11 is 1.44. The lowest BCUT2D eigenvalue weighted by Crippen LogP contribution is -2.25. The van der Waals surface area contributed by atoms with E-state index in [2.05, 4.69) is 20.0 Å². The summed E-state index contributed by atoms with van der Waals surface area (Å²) in [5.74, 6) is 0. The van der Waals surface area contributed by atoms with E-state index in [-0.39, 0.29) is 6.54 Å². The Morgan fingerprint density at radius 2 is 1.95 bits per heavy atom. The highest BCUT2D eigenvalue weighted by atomic mass is 32.2. The van der Waals surface area contributed by atoms with Crippen LogP contribution in [0, 0.1) is 13.8 Å². The Bertz CT molecular complexity index is 708. The normalized spacial score (nSPS) is 11.8. The lowest BCUT2D eigenvalue weighted by atomic mass is 10.3. The minimum atomic E-state index is -3.56. The van der Waals surface area contributed by atoms with Crippen molar-refractivity contribution in [3.63, 3.8) is 0 Å². The highest BCUT2D eigenvalue weighted by molar-refractivity contribution is 7.89. The number of nitrogens with one attached hydrogen (secondary N) is 2. The van der Waals surface area contributed by atoms with Crippen LogP contribution < -0.4 is 10.0 Å². The first-order valence-electron chi connectivity index (χ1n) is 6.43. The molecule has 0 unspecified atom stereocenters. The van der Waals surface area contributed by atoms with E-state index in [0.717, 1.165) is 16.1 Å². The SMILES string of the molecule is CNCc1scc(C)c1S(=O)(=O)NCc1cnc(C)cn1. The van der Waals surface area contributed by atoms with E-state index in [1.54, 1.807) is 26.4 Å². The minimum Gasteiger partial charge on any atom is -0.315 e. The number of hydrogen-bond donors (Lipinski definition) is 2. The Kier molecular flexibility index (Phi) is 5.04. The third-order valence-corrected chi connectivity index (χ3v) is 5.74. The molecule has 0 aliphatic rings. The molecule has 2 aromatic rings. The lowest BCUT2D eigenvalue weighted by molar-refractivity contribution is 0.578. The zero-order valence-corrected chi connectivity index (χ0v) is 13.8. The van der Waals surface area contributed by atoms with Crippen LogP contribution in [-0.4, -0.2) is 25.4 Å². The average Bonchev–Trinajstić information content (AvgIpc) is 2.80. The van der Waals surface area contributed by atoms with Crippen molar-refractivity contribution in [1.29, 1.82) is 0 Å². The number of aromatic nitrogens is 2. The Morgan fingerprint density at radius 1 is 1.19 bits per heavy atom. The maximum absolute atomic E-state index is 12.5. The smallest absolute Gasteiger partial charge is 0.242 e. The van der Waals surface area contributed by atoms with Gasteiger partial charge in [-0.2, -0.15) is 0 Å². The standard InChI is InChI=1S/C13H18N4O2S2/c1-9-8-20-12(7-14-3)13(9)21(18,19)17-6-11-5-15-10(2)4-16-11/h4-5,8,14,17H,6-7H2,1-3H3. The first-order valence-corrected chi connectivity index (χ1v) is 8.79. The summed E-state index contributed by atoms with van der Waals surface area (Å²) in [6, 6.07) is 0. The number of hydrogen-bond acceptors (Lipinski definition) is 6. The van der Waals surface area contributed by atoms with Crippen LogP contribution in [0.5, 0.6) is 0 Å². The average molecular weight is 326 g/mol. The molecule has 0 aliphatic carbocycles. The first kappa shape index (κ1) is 16.0. The molecule has 2 heterocycles. The molecule has 0 aromatic carbocycles. The van der Waals surface area contributed by atoms with E-state index < -0.39 is 10.0 Å². The molecule has 0 spiro atoms. The molecule has 0 amide bonds. The number of nitrogens with zero attached hydrogens (tertiary/aromatic N) is 2. The lowest BCUT2D eigenvalue weighted by Gasteiger charge is -2.09. The second-order valence-corrected chi connectivity index (χ2v) is 7.34. The van der Waals surface area contributed by atoms with Crippen molar-refractivity contribution in [1.82, 2.24) is 20.0 Å². The molecule has 0 fully saturated rings. The Hall–Kier alpha value is -1.35. The molecular formula is C13H18N4O2S2. The van der Waals surface area contributed by atoms with Crippen molar-refractivity contribution in [2.75, 3.05) is 7.05 Å². The third kappa shape index (κ3) is 3.85. The minimum absolute atomic E-state index is 0.129. The third-order valence-electron chi connectivity index (χ3n) is 2.87. The Morgan fingerprint density at radius 3 is 2.57 bits per heavy atom. The quantitative estimate of drug-likeness (QED) is 0.837. The molecule has 21 heavy (non-hydrogen) atoms. The fourth-order valence-corrected chi connectivity index (χ4v) is 4.70. The van der Waals surface area contributed by atoms with E-state index in [1.165, 1.54) is 11.3 Å². The van der Waals surface area contributed by atoms with Crippen molar-refractivity contribution in [3.05, 3.63) is 39.6 Å². The summed E-state index contributed by atoms with van der Waals surface area (Å²) in [7, 11) is -1.76. The van der Waals surface area contributed by atoms with Gasteiger partial charge >= 0.3 is 0 Å². The van der Waals surface area contributed by atoms with Crippen LogP contribution in [0.25, 0.3) is 0 Å². The molecule has 2 aromatic heterocycles. The molecule has 114 valence electrons. The highest BCUT2D eigenvalue weighted by Crippen LogP contribution is 2.26. The number of thiophene rings is 1. The van der Waals surface area contributed by atoms with E-state index in [1.807, 2.05) is 12.3 Å². The van der Waals surface area contributed by atoms with Gasteiger partial charge in [0.15, 0.2) is 0 Å². The van der Waals surface area contributed by atoms with Gasteiger partial charge in [-0.1, -0.05) is 0 Å². The van der Waals surface area contributed by atoms with Crippen LogP contribution >= 0.6 is 11.3 Å². The van der Waals surface area contributed by atoms with E-state index >= 15 is 0 Å². The van der Waals surface area contributed by atoms with Gasteiger partial charge < -0.3 is 5.32 Å². The molecule has 6 nitrogen and oxygen atoms in total. The van der Waals surface area contributed by atoms with Gasteiger partial charge in [-0.15, -0.1) is 11.3 Å². The zero-order chi connectivity index (χ0) is 15.5. The molecule has 2 rings (SSSR count). The second-order valence-electron chi connectivity index (χ2n) is 4.68. The predicted octanol–water partition coefficient (Wildman–Crippen LogP) is 1.35. The maximum atomic E-state index is 12.5. The van der Waals surface area contributed by atoms with Crippen molar-refractivity contribution in [2.24, 2.45) is 0 Å². The van der Waals surface area contributed by atoms with Crippen LogP contribution in [0.1, 0.15) is 21.8 Å². The monoisotopic (exact) mass is 326 g/mol. The van der Waals surface area contributed by atoms with Crippen molar-refractivity contribution < 1.29 is 8.42 Å². The Labute approximate surface area is 128 Å². The second kappa shape index (κ2) is 6.61. The number of aryl methyl sites for hydroxylation is 2. The summed E-state index contributed by atoms with van der Waals surface area (Å²) in [5.41, 5.74) is 2.14. The van der Waals surface area contributed by atoms with E-state index in [9.17, 15) is 8.42 Å². The number of sulfonamides is 1. The van der Waals surface area contributed by atoms with Gasteiger partial charge in [-0.25, -0.2) is 13.1 Å². The zero-order valence-electron chi connectivity index (χ0n) is 12.2. The Balaban J connectivity index is 2.18. The van der Waals surface area contributed by atoms with E-state index in [4.69, 9.17) is 0 Å². The fourth-order valence-electron chi connectivity index (χ4n) is 1.88. The van der Waals surface area contributed by atoms with Crippen LogP contribution in [0.3, 0.4) is 0 Å². The molecule has 2 N–H and O–H groups in total. The van der Waals surface area contributed by atoms with Crippen LogP contribution in [0.4, 0.5) is 0 Å². The molecule has 0 radical (unpaired) electrons. The molecular weight excluding hydrogens is 308 g/mol. The van der Waals surface area contributed by atoms with Gasteiger partial charge in [0, 0.05) is 17.6 Å². The van der Waals surface area contributed by atoms with Gasteiger partial charge in [0.05, 0.1) is 24.1 Å². The van der Waals surface area contributed by atoms with Gasteiger partial charge in [0.1, 0.15) is 4.90 Å². The molecule has 0 saturated carbocycles. The van der Waals surface area contributed by atoms with Gasteiger partial charge in [0.2, 0.25) is 10.0 Å². The molecule has 0 saturated heterocycles. The number of rotatable bonds is 6. The van der Waals surface area contributed by atoms with Gasteiger partial charge in [-0.3, -0.25) is 9.97 Å². The summed E-state index contributed by atoms with van der Waals surface area (Å²) in [6.07, 6.45) is 3.19. The summed E-state index contributed by atoms with van der Waals surface area (Å²) < 4.78 is 27.5. The maximum Gasteiger partial charge on any atom is 0.242 e.